The number of carbonyl (C=O) groups is 1. The fourth-order valence-electron chi connectivity index (χ4n) is 2.65. The SMILES string of the molecule is CC[C@H]1C=C[C@@H](COCc2ccccc2)N(C(=O)OC(C)(C)C)S1(=O)=O. The average Bonchev–Trinajstić information content (AvgIpc) is 2.53. The van der Waals surface area contributed by atoms with Crippen molar-refractivity contribution in [2.45, 2.75) is 57.6 Å². The Kier molecular flexibility index (Phi) is 6.47. The van der Waals surface area contributed by atoms with Crippen molar-refractivity contribution in [3.05, 3.63) is 48.0 Å². The van der Waals surface area contributed by atoms with Crippen LogP contribution in [0.1, 0.15) is 39.7 Å². The Morgan fingerprint density at radius 3 is 2.38 bits per heavy atom. The van der Waals surface area contributed by atoms with Crippen LogP contribution in [0.25, 0.3) is 0 Å². The molecule has 0 bridgehead atoms. The van der Waals surface area contributed by atoms with Gasteiger partial charge in [0, 0.05) is 0 Å². The van der Waals surface area contributed by atoms with E-state index in [9.17, 15) is 13.2 Å². The maximum absolute atomic E-state index is 12.8. The number of carbonyl (C=O) groups excluding carboxylic acids is 1. The summed E-state index contributed by atoms with van der Waals surface area (Å²) in [6.07, 6.45) is 2.86. The third kappa shape index (κ3) is 5.08. The molecule has 2 rings (SSSR count). The molecule has 144 valence electrons. The summed E-state index contributed by atoms with van der Waals surface area (Å²) in [7, 11) is -3.84. The van der Waals surface area contributed by atoms with Crippen molar-refractivity contribution >= 4 is 16.1 Å². The lowest BCUT2D eigenvalue weighted by molar-refractivity contribution is 0.0256. The molecule has 7 heteroatoms. The van der Waals surface area contributed by atoms with E-state index in [4.69, 9.17) is 9.47 Å². The first-order valence-electron chi connectivity index (χ1n) is 8.71. The van der Waals surface area contributed by atoms with Crippen molar-refractivity contribution in [3.8, 4) is 0 Å². The van der Waals surface area contributed by atoms with Gasteiger partial charge >= 0.3 is 6.09 Å². The lowest BCUT2D eigenvalue weighted by atomic mass is 10.2. The highest BCUT2D eigenvalue weighted by Crippen LogP contribution is 2.26. The van der Waals surface area contributed by atoms with Crippen molar-refractivity contribution in [2.24, 2.45) is 0 Å². The standard InChI is InChI=1S/C19H27NO5S/c1-5-17-12-11-16(14-24-13-15-9-7-6-8-10-15)20(26(17,22)23)18(21)25-19(2,3)4/h6-12,16-17H,5,13-14H2,1-4H3/t16-,17-/m0/s1. The van der Waals surface area contributed by atoms with Crippen LogP contribution in [-0.4, -0.2) is 42.3 Å². The first kappa shape index (κ1) is 20.5. The molecule has 0 radical (unpaired) electrons. The molecule has 0 fully saturated rings. The fraction of sp³-hybridized carbons (Fsp3) is 0.526. The third-order valence-electron chi connectivity index (χ3n) is 3.88. The highest BCUT2D eigenvalue weighted by atomic mass is 32.2. The van der Waals surface area contributed by atoms with E-state index in [0.29, 0.717) is 13.0 Å². The molecule has 1 aromatic carbocycles. The second-order valence-electron chi connectivity index (χ2n) is 7.22. The van der Waals surface area contributed by atoms with E-state index in [-0.39, 0.29) is 6.61 Å². The molecule has 0 saturated heterocycles. The summed E-state index contributed by atoms with van der Waals surface area (Å²) < 4.78 is 37.5. The quantitative estimate of drug-likeness (QED) is 0.730. The molecule has 0 spiro atoms. The first-order valence-corrected chi connectivity index (χ1v) is 10.2. The Balaban J connectivity index is 2.16. The topological polar surface area (TPSA) is 72.9 Å². The molecular weight excluding hydrogens is 354 g/mol. The zero-order chi connectivity index (χ0) is 19.4. The molecule has 0 N–H and O–H groups in total. The third-order valence-corrected chi connectivity index (χ3v) is 6.11. The number of sulfonamides is 1. The van der Waals surface area contributed by atoms with Gasteiger partial charge in [0.25, 0.3) is 0 Å². The number of ether oxygens (including phenoxy) is 2. The number of benzene rings is 1. The summed E-state index contributed by atoms with van der Waals surface area (Å²) in [5.74, 6) is 0. The molecule has 0 unspecified atom stereocenters. The number of amides is 1. The summed E-state index contributed by atoms with van der Waals surface area (Å²) in [6.45, 7) is 7.29. The van der Waals surface area contributed by atoms with E-state index in [1.54, 1.807) is 39.8 Å². The number of nitrogens with zero attached hydrogens (tertiary/aromatic N) is 1. The second kappa shape index (κ2) is 8.22. The van der Waals surface area contributed by atoms with Crippen LogP contribution in [-0.2, 0) is 26.1 Å². The maximum atomic E-state index is 12.8. The molecule has 1 aromatic rings. The van der Waals surface area contributed by atoms with Crippen molar-refractivity contribution in [1.29, 1.82) is 0 Å². The van der Waals surface area contributed by atoms with Crippen LogP contribution in [0.4, 0.5) is 4.79 Å². The van der Waals surface area contributed by atoms with Gasteiger partial charge in [0.05, 0.1) is 24.5 Å². The largest absolute Gasteiger partial charge is 0.443 e. The maximum Gasteiger partial charge on any atom is 0.424 e. The van der Waals surface area contributed by atoms with Crippen LogP contribution < -0.4 is 0 Å². The van der Waals surface area contributed by atoms with Gasteiger partial charge in [0.15, 0.2) is 0 Å². The minimum atomic E-state index is -3.84. The van der Waals surface area contributed by atoms with Crippen molar-refractivity contribution in [2.75, 3.05) is 6.61 Å². The molecule has 0 aromatic heterocycles. The Labute approximate surface area is 155 Å². The molecule has 1 amide bonds. The van der Waals surface area contributed by atoms with E-state index in [1.807, 2.05) is 30.3 Å². The van der Waals surface area contributed by atoms with Crippen LogP contribution in [0, 0.1) is 0 Å². The van der Waals surface area contributed by atoms with Crippen molar-refractivity contribution < 1.29 is 22.7 Å². The van der Waals surface area contributed by atoms with Gasteiger partial charge < -0.3 is 9.47 Å². The minimum Gasteiger partial charge on any atom is -0.443 e. The summed E-state index contributed by atoms with van der Waals surface area (Å²) in [5, 5.41) is -0.736. The number of rotatable bonds is 5. The second-order valence-corrected chi connectivity index (χ2v) is 9.25. The van der Waals surface area contributed by atoms with Gasteiger partial charge in [-0.25, -0.2) is 13.2 Å². The van der Waals surface area contributed by atoms with Gasteiger partial charge in [0.2, 0.25) is 10.0 Å². The van der Waals surface area contributed by atoms with Gasteiger partial charge in [-0.2, -0.15) is 4.31 Å². The Morgan fingerprint density at radius 2 is 1.81 bits per heavy atom. The molecule has 1 heterocycles. The molecule has 0 aliphatic carbocycles. The monoisotopic (exact) mass is 381 g/mol. The summed E-state index contributed by atoms with van der Waals surface area (Å²) in [5.41, 5.74) is 0.190. The van der Waals surface area contributed by atoms with Crippen molar-refractivity contribution in [1.82, 2.24) is 4.31 Å². The van der Waals surface area contributed by atoms with E-state index in [0.717, 1.165) is 9.87 Å². The van der Waals surface area contributed by atoms with Gasteiger partial charge in [-0.1, -0.05) is 49.4 Å². The van der Waals surface area contributed by atoms with Crippen LogP contribution in [0.15, 0.2) is 42.5 Å². The molecule has 0 saturated carbocycles. The normalized spacial score (nSPS) is 22.2. The Bertz CT molecular complexity index is 737. The molecule has 26 heavy (non-hydrogen) atoms. The number of hydrogen-bond donors (Lipinski definition) is 0. The lowest BCUT2D eigenvalue weighted by Gasteiger charge is -2.35. The van der Waals surface area contributed by atoms with Gasteiger partial charge in [-0.15, -0.1) is 0 Å². The zero-order valence-electron chi connectivity index (χ0n) is 15.7. The predicted molar refractivity (Wildman–Crippen MR) is 100 cm³/mol. The Hall–Kier alpha value is -1.86. The lowest BCUT2D eigenvalue weighted by Crippen LogP contribution is -2.53. The van der Waals surface area contributed by atoms with Crippen LogP contribution in [0.5, 0.6) is 0 Å². The van der Waals surface area contributed by atoms with Crippen LogP contribution in [0.2, 0.25) is 0 Å². The van der Waals surface area contributed by atoms with E-state index < -0.39 is 33.0 Å². The molecular formula is C19H27NO5S. The van der Waals surface area contributed by atoms with Gasteiger partial charge in [0.1, 0.15) is 5.60 Å². The highest BCUT2D eigenvalue weighted by molar-refractivity contribution is 7.90. The van der Waals surface area contributed by atoms with Gasteiger partial charge in [-0.05, 0) is 32.8 Å². The molecule has 1 aliphatic rings. The predicted octanol–water partition coefficient (Wildman–Crippen LogP) is 3.49. The number of hydrogen-bond acceptors (Lipinski definition) is 5. The fourth-order valence-corrected chi connectivity index (χ4v) is 4.41. The van der Waals surface area contributed by atoms with E-state index in [1.165, 1.54) is 0 Å². The highest BCUT2D eigenvalue weighted by Gasteiger charge is 2.42. The summed E-state index contributed by atoms with van der Waals surface area (Å²) in [4.78, 5) is 12.6. The average molecular weight is 381 g/mol. The Morgan fingerprint density at radius 1 is 1.15 bits per heavy atom. The minimum absolute atomic E-state index is 0.0697. The van der Waals surface area contributed by atoms with Gasteiger partial charge in [-0.3, -0.25) is 0 Å². The van der Waals surface area contributed by atoms with Crippen LogP contribution >= 0.6 is 0 Å². The zero-order valence-corrected chi connectivity index (χ0v) is 16.5. The summed E-state index contributed by atoms with van der Waals surface area (Å²) in [6, 6.07) is 8.85. The molecule has 2 atom stereocenters. The smallest absolute Gasteiger partial charge is 0.424 e. The summed E-state index contributed by atoms with van der Waals surface area (Å²) >= 11 is 0. The van der Waals surface area contributed by atoms with Crippen molar-refractivity contribution in [3.63, 3.8) is 0 Å². The first-order chi connectivity index (χ1) is 12.1. The van der Waals surface area contributed by atoms with Crippen LogP contribution in [0.3, 0.4) is 0 Å². The van der Waals surface area contributed by atoms with E-state index in [2.05, 4.69) is 0 Å². The molecule has 1 aliphatic heterocycles. The van der Waals surface area contributed by atoms with E-state index >= 15 is 0 Å². The molecule has 6 nitrogen and oxygen atoms in total.